The van der Waals surface area contributed by atoms with Crippen molar-refractivity contribution in [2.75, 3.05) is 0 Å². The Labute approximate surface area is 290 Å². The molecular weight excluding hydrogens is 623 g/mol. The van der Waals surface area contributed by atoms with Crippen molar-refractivity contribution < 1.29 is 0 Å². The van der Waals surface area contributed by atoms with E-state index in [1.807, 2.05) is 21.5 Å². The molecule has 1 aromatic rings. The van der Waals surface area contributed by atoms with Crippen molar-refractivity contribution >= 4 is 42.4 Å². The van der Waals surface area contributed by atoms with E-state index >= 15 is 0 Å². The molecule has 0 atom stereocenters. The van der Waals surface area contributed by atoms with E-state index in [-0.39, 0.29) is 15.8 Å². The molecule has 0 radical (unpaired) electrons. The van der Waals surface area contributed by atoms with Crippen LogP contribution in [0.2, 0.25) is 39.3 Å². The van der Waals surface area contributed by atoms with Crippen LogP contribution in [-0.2, 0) is 12.3 Å². The molecule has 46 heavy (non-hydrogen) atoms. The highest BCUT2D eigenvalue weighted by molar-refractivity contribution is 7.60. The Morgan fingerprint density at radius 3 is 1.07 bits per heavy atom. The van der Waals surface area contributed by atoms with Crippen LogP contribution in [0, 0.1) is 35.5 Å². The monoisotopic (exact) mass is 694 g/mol. The standard InChI is InChI=1S/C42H72P2Si2/c1-39(2,3)43(40(4,5)6)27-35-19-37(45(7,8)9)38(46(10,11)12)20-36(35)28-44(41-21-29-13-30(22-41)15-31(14-29)23-41)42-24-32-16-33(25-42)18-34(17-32)26-42/h19-20,29-34H,13-18,21-28H2,1-12H3. The Balaban J connectivity index is 1.39. The van der Waals surface area contributed by atoms with Gasteiger partial charge in [-0.25, -0.2) is 0 Å². The van der Waals surface area contributed by atoms with E-state index in [1.165, 1.54) is 12.3 Å². The maximum Gasteiger partial charge on any atom is 0.0774 e. The fraction of sp³-hybridized carbons (Fsp3) is 0.857. The Kier molecular flexibility index (Phi) is 8.74. The number of hydrogen-bond donors (Lipinski definition) is 0. The van der Waals surface area contributed by atoms with Gasteiger partial charge in [0.05, 0.1) is 16.1 Å². The van der Waals surface area contributed by atoms with Crippen LogP contribution < -0.4 is 10.4 Å². The zero-order chi connectivity index (χ0) is 33.2. The van der Waals surface area contributed by atoms with Gasteiger partial charge in [0, 0.05) is 0 Å². The lowest BCUT2D eigenvalue weighted by Gasteiger charge is -2.67. The molecule has 0 nitrogen and oxygen atoms in total. The molecule has 9 rings (SSSR count). The zero-order valence-electron chi connectivity index (χ0n) is 32.4. The average Bonchev–Trinajstić information content (AvgIpc) is 2.86. The van der Waals surface area contributed by atoms with Crippen LogP contribution in [0.3, 0.4) is 0 Å². The number of rotatable bonds is 8. The van der Waals surface area contributed by atoms with Gasteiger partial charge in [0.25, 0.3) is 0 Å². The second-order valence-electron chi connectivity index (χ2n) is 22.5. The highest BCUT2D eigenvalue weighted by Gasteiger charge is 2.62. The fourth-order valence-corrected chi connectivity index (χ4v) is 27.7. The molecule has 1 aromatic carbocycles. The molecule has 0 unspecified atom stereocenters. The first-order valence-corrected chi connectivity index (χ1v) is 29.9. The van der Waals surface area contributed by atoms with E-state index in [1.54, 1.807) is 77.0 Å². The summed E-state index contributed by atoms with van der Waals surface area (Å²) in [4.78, 5) is 0. The van der Waals surface area contributed by atoms with Gasteiger partial charge in [0.15, 0.2) is 0 Å². The van der Waals surface area contributed by atoms with Gasteiger partial charge in [0.1, 0.15) is 0 Å². The minimum Gasteiger partial charge on any atom is -0.0911 e. The molecule has 8 aliphatic rings. The predicted octanol–water partition coefficient (Wildman–Crippen LogP) is 12.3. The van der Waals surface area contributed by atoms with Gasteiger partial charge in [-0.3, -0.25) is 0 Å². The number of benzene rings is 1. The summed E-state index contributed by atoms with van der Waals surface area (Å²) in [5.41, 5.74) is 3.72. The molecular formula is C42H72P2Si2. The molecule has 0 heterocycles. The SMILES string of the molecule is CC(C)(C)P(Cc1cc([Si](C)(C)C)c([Si](C)(C)C)cc1CP(C12CC3CC(CC(C3)C1)C2)C12CC3CC(CC(C3)C1)C2)C(C)(C)C. The van der Waals surface area contributed by atoms with E-state index in [9.17, 15) is 0 Å². The fourth-order valence-electron chi connectivity index (χ4n) is 13.7. The first-order valence-electron chi connectivity index (χ1n) is 19.9. The van der Waals surface area contributed by atoms with Crippen LogP contribution in [0.15, 0.2) is 12.1 Å². The molecule has 0 amide bonds. The highest BCUT2D eigenvalue weighted by Crippen LogP contribution is 2.80. The molecule has 8 fully saturated rings. The Bertz CT molecular complexity index is 1190. The first kappa shape index (κ1) is 34.9. The molecule has 4 heteroatoms. The summed E-state index contributed by atoms with van der Waals surface area (Å²) in [5, 5.41) is 5.84. The van der Waals surface area contributed by atoms with E-state index < -0.39 is 16.1 Å². The van der Waals surface area contributed by atoms with E-state index in [4.69, 9.17) is 0 Å². The molecule has 0 N–H and O–H groups in total. The first-order chi connectivity index (χ1) is 21.1. The third-order valence-electron chi connectivity index (χ3n) is 14.4. The van der Waals surface area contributed by atoms with Gasteiger partial charge in [0.2, 0.25) is 0 Å². The third-order valence-corrected chi connectivity index (χ3v) is 26.6. The largest absolute Gasteiger partial charge is 0.0911 e. The van der Waals surface area contributed by atoms with Gasteiger partial charge in [-0.2, -0.15) is 0 Å². The highest BCUT2D eigenvalue weighted by atomic mass is 31.1. The van der Waals surface area contributed by atoms with Gasteiger partial charge in [-0.15, -0.1) is 0 Å². The summed E-state index contributed by atoms with van der Waals surface area (Å²) in [5.74, 6) is 6.45. The maximum atomic E-state index is 2.96. The topological polar surface area (TPSA) is 0 Å². The smallest absolute Gasteiger partial charge is 0.0774 e. The third kappa shape index (κ3) is 6.43. The van der Waals surface area contributed by atoms with Gasteiger partial charge in [-0.05, 0) is 157 Å². The van der Waals surface area contributed by atoms with Gasteiger partial charge in [-0.1, -0.05) is 119 Å². The Morgan fingerprint density at radius 2 is 0.804 bits per heavy atom. The minimum absolute atomic E-state index is 0.0345. The summed E-state index contributed by atoms with van der Waals surface area (Å²) in [7, 11) is -3.19. The lowest BCUT2D eigenvalue weighted by Crippen LogP contribution is -2.57. The molecule has 8 aliphatic carbocycles. The molecule has 8 bridgehead atoms. The van der Waals surface area contributed by atoms with Crippen LogP contribution >= 0.6 is 15.8 Å². The van der Waals surface area contributed by atoms with Crippen molar-refractivity contribution in [2.45, 2.75) is 191 Å². The Hall–Kier alpha value is 0.514. The molecule has 0 spiro atoms. The van der Waals surface area contributed by atoms with Crippen molar-refractivity contribution in [1.29, 1.82) is 0 Å². The van der Waals surface area contributed by atoms with E-state index in [0.717, 1.165) is 35.5 Å². The van der Waals surface area contributed by atoms with Crippen LogP contribution in [-0.4, -0.2) is 36.8 Å². The van der Waals surface area contributed by atoms with Crippen LogP contribution in [0.1, 0.15) is 130 Å². The lowest BCUT2D eigenvalue weighted by atomic mass is 9.55. The summed E-state index contributed by atoms with van der Waals surface area (Å²) >= 11 is 0. The van der Waals surface area contributed by atoms with Gasteiger partial charge < -0.3 is 0 Å². The maximum absolute atomic E-state index is 2.96. The lowest BCUT2D eigenvalue weighted by molar-refractivity contribution is 0.0184. The second-order valence-corrected chi connectivity index (χ2v) is 39.5. The van der Waals surface area contributed by atoms with Crippen molar-refractivity contribution in [3.05, 3.63) is 23.3 Å². The quantitative estimate of drug-likeness (QED) is 0.188. The minimum atomic E-state index is -1.50. The number of hydrogen-bond acceptors (Lipinski definition) is 0. The normalized spacial score (nSPS) is 37.8. The van der Waals surface area contributed by atoms with Gasteiger partial charge >= 0.3 is 0 Å². The van der Waals surface area contributed by atoms with E-state index in [0.29, 0.717) is 20.6 Å². The van der Waals surface area contributed by atoms with Crippen LogP contribution in [0.4, 0.5) is 0 Å². The molecule has 258 valence electrons. The van der Waals surface area contributed by atoms with Crippen LogP contribution in [0.25, 0.3) is 0 Å². The Morgan fingerprint density at radius 1 is 0.522 bits per heavy atom. The molecule has 0 aromatic heterocycles. The van der Waals surface area contributed by atoms with E-state index in [2.05, 4.69) is 93.0 Å². The summed E-state index contributed by atoms with van der Waals surface area (Å²) in [6.45, 7) is 31.3. The molecule has 0 saturated heterocycles. The summed E-state index contributed by atoms with van der Waals surface area (Å²) in [6.07, 6.45) is 22.2. The summed E-state index contributed by atoms with van der Waals surface area (Å²) < 4.78 is 0. The van der Waals surface area contributed by atoms with Crippen molar-refractivity contribution in [3.63, 3.8) is 0 Å². The second kappa shape index (κ2) is 11.5. The van der Waals surface area contributed by atoms with Crippen LogP contribution in [0.5, 0.6) is 0 Å². The summed E-state index contributed by atoms with van der Waals surface area (Å²) in [6, 6.07) is 5.87. The zero-order valence-corrected chi connectivity index (χ0v) is 36.2. The predicted molar refractivity (Wildman–Crippen MR) is 215 cm³/mol. The van der Waals surface area contributed by atoms with Crippen molar-refractivity contribution in [1.82, 2.24) is 0 Å². The molecule has 0 aliphatic heterocycles. The molecule has 8 saturated carbocycles. The van der Waals surface area contributed by atoms with Crippen molar-refractivity contribution in [2.24, 2.45) is 35.5 Å². The average molecular weight is 695 g/mol. The van der Waals surface area contributed by atoms with Crippen molar-refractivity contribution in [3.8, 4) is 0 Å².